The molecule has 0 radical (unpaired) electrons. The van der Waals surface area contributed by atoms with Crippen molar-refractivity contribution in [3.8, 4) is 0 Å². The first-order valence-corrected chi connectivity index (χ1v) is 12.2. The van der Waals surface area contributed by atoms with E-state index in [1.165, 1.54) is 12.1 Å². The minimum absolute atomic E-state index is 0.0202. The lowest BCUT2D eigenvalue weighted by molar-refractivity contribution is 0.0941. The number of benzene rings is 2. The maximum absolute atomic E-state index is 13.0. The van der Waals surface area contributed by atoms with Crippen LogP contribution in [-0.4, -0.2) is 46.4 Å². The number of nitrogens with one attached hydrogen (secondary N) is 2. The molecule has 3 aromatic rings. The van der Waals surface area contributed by atoms with Gasteiger partial charge < -0.3 is 5.32 Å². The molecule has 1 aromatic heterocycles. The topological polar surface area (TPSA) is 108 Å². The van der Waals surface area contributed by atoms with Crippen molar-refractivity contribution in [3.63, 3.8) is 0 Å². The van der Waals surface area contributed by atoms with Gasteiger partial charge in [-0.3, -0.25) is 9.89 Å². The summed E-state index contributed by atoms with van der Waals surface area (Å²) in [6.07, 6.45) is 2.77. The predicted molar refractivity (Wildman–Crippen MR) is 121 cm³/mol. The minimum atomic E-state index is -3.58. The van der Waals surface area contributed by atoms with Crippen LogP contribution in [0.4, 0.5) is 0 Å². The highest BCUT2D eigenvalue weighted by Gasteiger charge is 2.31. The number of carbonyl (C=O) groups is 1. The molecule has 0 aliphatic carbocycles. The van der Waals surface area contributed by atoms with Crippen LogP contribution in [0.25, 0.3) is 0 Å². The Labute approximate surface area is 188 Å². The summed E-state index contributed by atoms with van der Waals surface area (Å²) in [5.74, 6) is 0.772. The van der Waals surface area contributed by atoms with Gasteiger partial charge in [0.05, 0.1) is 4.90 Å². The zero-order valence-electron chi connectivity index (χ0n) is 18.2. The van der Waals surface area contributed by atoms with Crippen molar-refractivity contribution in [3.05, 3.63) is 77.4 Å². The average Bonchev–Trinajstić information content (AvgIpc) is 3.24. The molecule has 2 aromatic carbocycles. The maximum atomic E-state index is 13.0. The second kappa shape index (κ2) is 9.22. The Morgan fingerprint density at radius 3 is 2.47 bits per heavy atom. The number of carbonyl (C=O) groups excluding carboxylic acids is 1. The number of aryl methyl sites for hydroxylation is 1. The molecule has 2 heterocycles. The van der Waals surface area contributed by atoms with Crippen LogP contribution in [-0.2, 0) is 10.0 Å². The molecule has 0 spiro atoms. The van der Waals surface area contributed by atoms with Crippen molar-refractivity contribution in [2.24, 2.45) is 0 Å². The molecule has 168 valence electrons. The normalized spacial score (nSPS) is 18.2. The number of hydrogen-bond donors (Lipinski definition) is 2. The molecule has 8 nitrogen and oxygen atoms in total. The smallest absolute Gasteiger partial charge is 0.252 e. The third-order valence-electron chi connectivity index (χ3n) is 5.75. The van der Waals surface area contributed by atoms with Gasteiger partial charge in [0.2, 0.25) is 10.0 Å². The predicted octanol–water partition coefficient (Wildman–Crippen LogP) is 3.20. The average molecular weight is 454 g/mol. The molecule has 2 atom stereocenters. The van der Waals surface area contributed by atoms with E-state index in [2.05, 4.69) is 20.5 Å². The van der Waals surface area contributed by atoms with Gasteiger partial charge in [0.1, 0.15) is 11.9 Å². The van der Waals surface area contributed by atoms with Crippen LogP contribution in [0, 0.1) is 6.92 Å². The number of aromatic amines is 1. The fraction of sp³-hybridized carbons (Fsp3) is 0.348. The third-order valence-corrected chi connectivity index (χ3v) is 7.77. The van der Waals surface area contributed by atoms with Gasteiger partial charge in [-0.2, -0.15) is 9.40 Å². The Balaban J connectivity index is 1.55. The van der Waals surface area contributed by atoms with Gasteiger partial charge in [0.25, 0.3) is 5.91 Å². The lowest BCUT2D eigenvalue weighted by atomic mass is 10.1. The van der Waals surface area contributed by atoms with Crippen molar-refractivity contribution < 1.29 is 13.2 Å². The molecular weight excluding hydrogens is 426 g/mol. The lowest BCUT2D eigenvalue weighted by Gasteiger charge is -2.32. The summed E-state index contributed by atoms with van der Waals surface area (Å²) in [4.78, 5) is 17.6. The highest BCUT2D eigenvalue weighted by atomic mass is 32.2. The molecular formula is C23H27N5O3S. The quantitative estimate of drug-likeness (QED) is 0.596. The van der Waals surface area contributed by atoms with Crippen LogP contribution in [0.5, 0.6) is 0 Å². The minimum Gasteiger partial charge on any atom is -0.338 e. The van der Waals surface area contributed by atoms with E-state index in [0.717, 1.165) is 24.8 Å². The zero-order chi connectivity index (χ0) is 22.7. The third kappa shape index (κ3) is 4.58. The molecule has 1 fully saturated rings. The van der Waals surface area contributed by atoms with E-state index in [1.54, 1.807) is 23.4 Å². The van der Waals surface area contributed by atoms with E-state index in [4.69, 9.17) is 0 Å². The SMILES string of the molecule is Cc1nc(C(NC(=O)c2ccc(S(=O)(=O)N3CCCCC3C)cc2)c2ccccc2)n[nH]1. The van der Waals surface area contributed by atoms with Crippen LogP contribution in [0.15, 0.2) is 59.5 Å². The first-order valence-electron chi connectivity index (χ1n) is 10.7. The first kappa shape index (κ1) is 22.2. The van der Waals surface area contributed by atoms with Gasteiger partial charge in [-0.25, -0.2) is 13.4 Å². The molecule has 1 amide bonds. The van der Waals surface area contributed by atoms with E-state index in [9.17, 15) is 13.2 Å². The summed E-state index contributed by atoms with van der Waals surface area (Å²) in [5.41, 5.74) is 1.21. The molecule has 2 N–H and O–H groups in total. The van der Waals surface area contributed by atoms with Crippen LogP contribution < -0.4 is 5.32 Å². The number of aromatic nitrogens is 3. The van der Waals surface area contributed by atoms with Crippen molar-refractivity contribution in [1.29, 1.82) is 0 Å². The van der Waals surface area contributed by atoms with Crippen LogP contribution >= 0.6 is 0 Å². The second-order valence-electron chi connectivity index (χ2n) is 8.08. The Kier molecular flexibility index (Phi) is 6.38. The molecule has 0 bridgehead atoms. The number of hydrogen-bond acceptors (Lipinski definition) is 5. The molecule has 4 rings (SSSR count). The number of H-pyrrole nitrogens is 1. The van der Waals surface area contributed by atoms with Crippen LogP contribution in [0.2, 0.25) is 0 Å². The first-order chi connectivity index (χ1) is 15.4. The van der Waals surface area contributed by atoms with Gasteiger partial charge in [0.15, 0.2) is 5.82 Å². The highest BCUT2D eigenvalue weighted by molar-refractivity contribution is 7.89. The summed E-state index contributed by atoms with van der Waals surface area (Å²) >= 11 is 0. The van der Waals surface area contributed by atoms with Crippen molar-refractivity contribution in [1.82, 2.24) is 24.8 Å². The Bertz CT molecular complexity index is 1180. The van der Waals surface area contributed by atoms with Crippen molar-refractivity contribution in [2.45, 2.75) is 50.1 Å². The van der Waals surface area contributed by atoms with Gasteiger partial charge in [-0.05, 0) is 56.5 Å². The summed E-state index contributed by atoms with van der Waals surface area (Å²) in [6.45, 7) is 4.26. The highest BCUT2D eigenvalue weighted by Crippen LogP contribution is 2.25. The Morgan fingerprint density at radius 2 is 1.84 bits per heavy atom. The van der Waals surface area contributed by atoms with Crippen molar-refractivity contribution in [2.75, 3.05) is 6.54 Å². The monoisotopic (exact) mass is 453 g/mol. The van der Waals surface area contributed by atoms with Crippen LogP contribution in [0.3, 0.4) is 0 Å². The van der Waals surface area contributed by atoms with E-state index < -0.39 is 16.1 Å². The summed E-state index contributed by atoms with van der Waals surface area (Å²) in [5, 5.41) is 9.98. The Morgan fingerprint density at radius 1 is 1.12 bits per heavy atom. The summed E-state index contributed by atoms with van der Waals surface area (Å²) in [6, 6.07) is 15.0. The molecule has 1 saturated heterocycles. The lowest BCUT2D eigenvalue weighted by Crippen LogP contribution is -2.41. The molecule has 1 aliphatic rings. The summed E-state index contributed by atoms with van der Waals surface area (Å²) < 4.78 is 27.6. The molecule has 0 saturated carbocycles. The molecule has 1 aliphatic heterocycles. The number of nitrogens with zero attached hydrogens (tertiary/aromatic N) is 3. The van der Waals surface area contributed by atoms with E-state index in [1.807, 2.05) is 37.3 Å². The summed E-state index contributed by atoms with van der Waals surface area (Å²) in [7, 11) is -3.58. The van der Waals surface area contributed by atoms with E-state index in [0.29, 0.717) is 23.8 Å². The Hall–Kier alpha value is -3.04. The van der Waals surface area contributed by atoms with Gasteiger partial charge in [-0.1, -0.05) is 36.8 Å². The van der Waals surface area contributed by atoms with E-state index >= 15 is 0 Å². The van der Waals surface area contributed by atoms with Gasteiger partial charge in [-0.15, -0.1) is 0 Å². The van der Waals surface area contributed by atoms with E-state index in [-0.39, 0.29) is 16.8 Å². The molecule has 32 heavy (non-hydrogen) atoms. The van der Waals surface area contributed by atoms with Crippen molar-refractivity contribution >= 4 is 15.9 Å². The number of amides is 1. The number of piperidine rings is 1. The number of sulfonamides is 1. The molecule has 9 heteroatoms. The van der Waals surface area contributed by atoms with Gasteiger partial charge in [0, 0.05) is 18.2 Å². The zero-order valence-corrected chi connectivity index (χ0v) is 19.0. The van der Waals surface area contributed by atoms with Gasteiger partial charge >= 0.3 is 0 Å². The largest absolute Gasteiger partial charge is 0.338 e. The molecule has 2 unspecified atom stereocenters. The van der Waals surface area contributed by atoms with Crippen LogP contribution in [0.1, 0.15) is 59.8 Å². The second-order valence-corrected chi connectivity index (χ2v) is 9.97. The maximum Gasteiger partial charge on any atom is 0.252 e. The number of rotatable bonds is 6. The fourth-order valence-corrected chi connectivity index (χ4v) is 5.69. The fourth-order valence-electron chi connectivity index (χ4n) is 3.99. The standard InChI is InChI=1S/C23H27N5O3S/c1-16-8-6-7-15-28(16)32(30,31)20-13-11-19(12-14-20)23(29)25-21(18-9-4-3-5-10-18)22-24-17(2)26-27-22/h3-5,9-14,16,21H,6-8,15H2,1-2H3,(H,25,29)(H,24,26,27).